The Kier molecular flexibility index (Phi) is 6.34. The van der Waals surface area contributed by atoms with Gasteiger partial charge in [-0.2, -0.15) is 13.1 Å². The van der Waals surface area contributed by atoms with Crippen molar-refractivity contribution in [2.75, 3.05) is 31.6 Å². The minimum atomic E-state index is -3.56. The van der Waals surface area contributed by atoms with E-state index in [-0.39, 0.29) is 27.9 Å². The van der Waals surface area contributed by atoms with Gasteiger partial charge < -0.3 is 14.4 Å². The van der Waals surface area contributed by atoms with Crippen LogP contribution in [0.4, 0.5) is 14.5 Å². The summed E-state index contributed by atoms with van der Waals surface area (Å²) in [6, 6.07) is 8.86. The highest BCUT2D eigenvalue weighted by atomic mass is 32.2. The molecule has 32 heavy (non-hydrogen) atoms. The van der Waals surface area contributed by atoms with Crippen LogP contribution in [-0.2, 0) is 16.4 Å². The predicted molar refractivity (Wildman–Crippen MR) is 114 cm³/mol. The van der Waals surface area contributed by atoms with Gasteiger partial charge in [-0.3, -0.25) is 4.79 Å². The van der Waals surface area contributed by atoms with E-state index in [1.807, 2.05) is 0 Å². The van der Waals surface area contributed by atoms with Crippen LogP contribution in [0.1, 0.15) is 35.2 Å². The second kappa shape index (κ2) is 9.03. The highest BCUT2D eigenvalue weighted by Gasteiger charge is 2.30. The van der Waals surface area contributed by atoms with Gasteiger partial charge in [0, 0.05) is 30.9 Å². The number of rotatable bonds is 6. The third-order valence-corrected chi connectivity index (χ3v) is 7.67. The van der Waals surface area contributed by atoms with Crippen LogP contribution in [0.2, 0.25) is 0 Å². The van der Waals surface area contributed by atoms with E-state index in [0.29, 0.717) is 31.7 Å². The van der Waals surface area contributed by atoms with E-state index < -0.39 is 16.6 Å². The second-order valence-corrected chi connectivity index (χ2v) is 9.64. The van der Waals surface area contributed by atoms with Crippen molar-refractivity contribution in [2.24, 2.45) is 0 Å². The van der Waals surface area contributed by atoms with Crippen molar-refractivity contribution < 1.29 is 31.5 Å². The summed E-state index contributed by atoms with van der Waals surface area (Å²) >= 11 is 0. The molecule has 0 bridgehead atoms. The van der Waals surface area contributed by atoms with Gasteiger partial charge in [-0.15, -0.1) is 0 Å². The molecular weight excluding hydrogens is 442 g/mol. The maximum Gasteiger partial charge on any atom is 0.387 e. The van der Waals surface area contributed by atoms with Gasteiger partial charge in [-0.05, 0) is 61.2 Å². The first-order valence-electron chi connectivity index (χ1n) is 10.4. The molecule has 1 saturated heterocycles. The van der Waals surface area contributed by atoms with Gasteiger partial charge in [0.05, 0.1) is 12.0 Å². The van der Waals surface area contributed by atoms with Crippen LogP contribution in [0.3, 0.4) is 0 Å². The van der Waals surface area contributed by atoms with E-state index in [9.17, 15) is 22.0 Å². The zero-order valence-electron chi connectivity index (χ0n) is 17.6. The lowest BCUT2D eigenvalue weighted by atomic mass is 10.1. The van der Waals surface area contributed by atoms with Crippen LogP contribution in [0.25, 0.3) is 0 Å². The zero-order valence-corrected chi connectivity index (χ0v) is 18.4. The van der Waals surface area contributed by atoms with E-state index in [1.165, 1.54) is 35.7 Å². The number of benzene rings is 2. The minimum absolute atomic E-state index is 0.0264. The van der Waals surface area contributed by atoms with E-state index >= 15 is 0 Å². The Morgan fingerprint density at radius 3 is 2.44 bits per heavy atom. The molecule has 4 rings (SSSR count). The number of carbonyl (C=O) groups is 1. The molecule has 172 valence electrons. The predicted octanol–water partition coefficient (Wildman–Crippen LogP) is 3.67. The Hall–Kier alpha value is -2.72. The van der Waals surface area contributed by atoms with Crippen LogP contribution >= 0.6 is 0 Å². The lowest BCUT2D eigenvalue weighted by Gasteiger charge is -2.26. The Bertz CT molecular complexity index is 1120. The maximum absolute atomic E-state index is 13.1. The van der Waals surface area contributed by atoms with E-state index in [1.54, 1.807) is 17.0 Å². The second-order valence-electron chi connectivity index (χ2n) is 7.71. The summed E-state index contributed by atoms with van der Waals surface area (Å²) in [6.07, 6.45) is 3.27. The first-order valence-corrected chi connectivity index (χ1v) is 11.8. The van der Waals surface area contributed by atoms with Gasteiger partial charge in [0.2, 0.25) is 10.0 Å². The zero-order chi connectivity index (χ0) is 22.9. The average molecular weight is 467 g/mol. The summed E-state index contributed by atoms with van der Waals surface area (Å²) in [5.74, 6) is -0.468. The molecule has 0 unspecified atom stereocenters. The smallest absolute Gasteiger partial charge is 0.387 e. The first-order chi connectivity index (χ1) is 15.3. The van der Waals surface area contributed by atoms with Gasteiger partial charge in [0.25, 0.3) is 5.91 Å². The maximum atomic E-state index is 13.1. The number of hydrogen-bond donors (Lipinski definition) is 0. The number of fused-ring (bicyclic) bond motifs is 1. The third kappa shape index (κ3) is 4.29. The quantitative estimate of drug-likeness (QED) is 0.649. The Balaban J connectivity index is 1.58. The number of halogens is 2. The summed E-state index contributed by atoms with van der Waals surface area (Å²) in [4.78, 5) is 14.9. The number of anilines is 1. The van der Waals surface area contributed by atoms with E-state index in [4.69, 9.17) is 4.74 Å². The lowest BCUT2D eigenvalue weighted by Crippen LogP contribution is -2.35. The summed E-state index contributed by atoms with van der Waals surface area (Å²) in [5, 5.41) is 0. The minimum Gasteiger partial charge on any atom is -0.493 e. The molecule has 2 heterocycles. The molecule has 0 atom stereocenters. The van der Waals surface area contributed by atoms with Crippen LogP contribution < -0.4 is 14.4 Å². The molecular formula is C22H24F2N2O5S. The molecule has 0 aromatic heterocycles. The normalized spacial score (nSPS) is 16.8. The van der Waals surface area contributed by atoms with E-state index in [0.717, 1.165) is 24.8 Å². The summed E-state index contributed by atoms with van der Waals surface area (Å²) in [5.41, 5.74) is 1.67. The molecule has 0 spiro atoms. The third-order valence-electron chi connectivity index (χ3n) is 5.77. The van der Waals surface area contributed by atoms with Gasteiger partial charge in [-0.1, -0.05) is 6.42 Å². The fourth-order valence-corrected chi connectivity index (χ4v) is 5.72. The standard InChI is InChI=1S/C22H24F2N2O5S/c1-30-20-14-16(5-8-19(20)31-22(23)24)21(27)26-12-9-15-13-17(6-7-18(15)26)32(28,29)25-10-3-2-4-11-25/h5-8,13-14,22H,2-4,9-12H2,1H3. The van der Waals surface area contributed by atoms with Gasteiger partial charge >= 0.3 is 6.61 Å². The molecule has 1 amide bonds. The SMILES string of the molecule is COc1cc(C(=O)N2CCc3cc(S(=O)(=O)N4CCCCC4)ccc32)ccc1OC(F)F. The summed E-state index contributed by atoms with van der Waals surface area (Å²) in [7, 11) is -2.26. The van der Waals surface area contributed by atoms with Crippen molar-refractivity contribution in [3.05, 3.63) is 47.5 Å². The number of methoxy groups -OCH3 is 1. The monoisotopic (exact) mass is 466 g/mol. The number of sulfonamides is 1. The number of alkyl halides is 2. The fourth-order valence-electron chi connectivity index (χ4n) is 4.15. The molecule has 0 N–H and O–H groups in total. The van der Waals surface area contributed by atoms with Crippen LogP contribution in [-0.4, -0.2) is 52.0 Å². The highest BCUT2D eigenvalue weighted by molar-refractivity contribution is 7.89. The largest absolute Gasteiger partial charge is 0.493 e. The number of ether oxygens (including phenoxy) is 2. The molecule has 0 aliphatic carbocycles. The molecule has 0 radical (unpaired) electrons. The van der Waals surface area contributed by atoms with Crippen LogP contribution in [0, 0.1) is 0 Å². The van der Waals surface area contributed by atoms with Crippen molar-refractivity contribution >= 4 is 21.6 Å². The molecule has 2 aliphatic rings. The van der Waals surface area contributed by atoms with Crippen molar-refractivity contribution in [3.63, 3.8) is 0 Å². The number of carbonyl (C=O) groups excluding carboxylic acids is 1. The van der Waals surface area contributed by atoms with Crippen molar-refractivity contribution in [1.29, 1.82) is 0 Å². The van der Waals surface area contributed by atoms with Gasteiger partial charge in [0.15, 0.2) is 11.5 Å². The Morgan fingerprint density at radius 1 is 1.00 bits per heavy atom. The number of nitrogens with zero attached hydrogens (tertiary/aromatic N) is 2. The molecule has 10 heteroatoms. The topological polar surface area (TPSA) is 76.2 Å². The number of hydrogen-bond acceptors (Lipinski definition) is 5. The Labute approximate surface area is 185 Å². The number of amides is 1. The lowest BCUT2D eigenvalue weighted by molar-refractivity contribution is -0.0512. The fraction of sp³-hybridized carbons (Fsp3) is 0.409. The van der Waals surface area contributed by atoms with Crippen molar-refractivity contribution in [2.45, 2.75) is 37.2 Å². The van der Waals surface area contributed by atoms with Crippen LogP contribution in [0.15, 0.2) is 41.3 Å². The average Bonchev–Trinajstić information content (AvgIpc) is 3.22. The summed E-state index contributed by atoms with van der Waals surface area (Å²) < 4.78 is 62.0. The van der Waals surface area contributed by atoms with Crippen LogP contribution in [0.5, 0.6) is 11.5 Å². The molecule has 2 aromatic rings. The van der Waals surface area contributed by atoms with E-state index in [2.05, 4.69) is 4.74 Å². The Morgan fingerprint density at radius 2 is 1.75 bits per heavy atom. The van der Waals surface area contributed by atoms with Gasteiger partial charge in [0.1, 0.15) is 0 Å². The molecule has 2 aromatic carbocycles. The molecule has 1 fully saturated rings. The summed E-state index contributed by atoms with van der Waals surface area (Å²) in [6.45, 7) is -1.57. The van der Waals surface area contributed by atoms with Gasteiger partial charge in [-0.25, -0.2) is 8.42 Å². The van der Waals surface area contributed by atoms with Crippen molar-refractivity contribution in [1.82, 2.24) is 4.31 Å². The first kappa shape index (κ1) is 22.5. The van der Waals surface area contributed by atoms with Crippen molar-refractivity contribution in [3.8, 4) is 11.5 Å². The molecule has 2 aliphatic heterocycles. The molecule has 7 nitrogen and oxygen atoms in total. The number of piperidine rings is 1. The molecule has 0 saturated carbocycles. The highest BCUT2D eigenvalue weighted by Crippen LogP contribution is 2.35.